The molecule has 0 aromatic heterocycles. The zero-order chi connectivity index (χ0) is 6.81. The molecule has 0 aliphatic heterocycles. The summed E-state index contributed by atoms with van der Waals surface area (Å²) in [5.41, 5.74) is 0. The third-order valence-electron chi connectivity index (χ3n) is 3.47. The fourth-order valence-electron chi connectivity index (χ4n) is 2.86. The summed E-state index contributed by atoms with van der Waals surface area (Å²) in [6, 6.07) is 0. The molecule has 2 rings (SSSR count). The molecule has 0 amide bonds. The van der Waals surface area contributed by atoms with Crippen LogP contribution in [0.3, 0.4) is 0 Å². The predicted molar refractivity (Wildman–Crippen MR) is 43.9 cm³/mol. The minimum absolute atomic E-state index is 0. The van der Waals surface area contributed by atoms with Crippen LogP contribution in [-0.2, 0) is 16.8 Å². The largest absolute Gasteiger partial charge is 0.0530 e. The summed E-state index contributed by atoms with van der Waals surface area (Å²) < 4.78 is 0. The Morgan fingerprint density at radius 2 is 0.818 bits per heavy atom. The molecule has 11 heavy (non-hydrogen) atoms. The van der Waals surface area contributed by atoms with Gasteiger partial charge in [-0.25, -0.2) is 0 Å². The van der Waals surface area contributed by atoms with Crippen molar-refractivity contribution in [3.63, 3.8) is 0 Å². The van der Waals surface area contributed by atoms with Crippen LogP contribution in [0.2, 0.25) is 0 Å². The van der Waals surface area contributed by atoms with Crippen LogP contribution < -0.4 is 0 Å². The Bertz CT molecular complexity index is 85.4. The Labute approximate surface area is 80.3 Å². The Hall–Kier alpha value is 0.506. The molecule has 0 heterocycles. The van der Waals surface area contributed by atoms with Gasteiger partial charge in [-0.15, -0.1) is 0 Å². The van der Waals surface area contributed by atoms with E-state index < -0.39 is 0 Å². The van der Waals surface area contributed by atoms with Crippen LogP contribution >= 0.6 is 0 Å². The Kier molecular flexibility index (Phi) is 3.94. The Morgan fingerprint density at radius 1 is 0.545 bits per heavy atom. The van der Waals surface area contributed by atoms with Gasteiger partial charge in [0.25, 0.3) is 0 Å². The first kappa shape index (κ1) is 9.59. The van der Waals surface area contributed by atoms with Crippen molar-refractivity contribution in [1.82, 2.24) is 0 Å². The second kappa shape index (κ2) is 4.51. The summed E-state index contributed by atoms with van der Waals surface area (Å²) in [6.45, 7) is 0. The summed E-state index contributed by atoms with van der Waals surface area (Å²) in [5.74, 6) is 2.31. The van der Waals surface area contributed by atoms with E-state index in [1.807, 2.05) is 0 Å². The van der Waals surface area contributed by atoms with Gasteiger partial charge in [0.2, 0.25) is 0 Å². The molecule has 0 nitrogen and oxygen atoms in total. The molecule has 0 atom stereocenters. The maximum absolute atomic E-state index is 1.56. The number of fused-ring (bicyclic) bond motifs is 1. The molecule has 2 fully saturated rings. The van der Waals surface area contributed by atoms with Crippen LogP contribution in [0.25, 0.3) is 0 Å². The molecule has 1 radical (unpaired) electrons. The number of hydrogen-bond donors (Lipinski definition) is 0. The van der Waals surface area contributed by atoms with Crippen molar-refractivity contribution in [2.75, 3.05) is 0 Å². The SMILES string of the molecule is C1CCC2CCCCC2C1.[Co]. The molecule has 0 aromatic carbocycles. The smallest absolute Gasteiger partial charge is 0 e. The summed E-state index contributed by atoms with van der Waals surface area (Å²) in [4.78, 5) is 0. The molecule has 0 N–H and O–H groups in total. The van der Waals surface area contributed by atoms with Crippen molar-refractivity contribution >= 4 is 0 Å². The quantitative estimate of drug-likeness (QED) is 0.558. The van der Waals surface area contributed by atoms with Crippen LogP contribution in [0.1, 0.15) is 51.4 Å². The normalized spacial score (nSPS) is 37.1. The average Bonchev–Trinajstić information content (AvgIpc) is 2.05. The molecule has 2 aliphatic carbocycles. The molecule has 0 saturated heterocycles. The molecular formula is C10H18Co. The van der Waals surface area contributed by atoms with Crippen LogP contribution in [0.4, 0.5) is 0 Å². The number of hydrogen-bond acceptors (Lipinski definition) is 0. The van der Waals surface area contributed by atoms with Crippen molar-refractivity contribution in [2.45, 2.75) is 51.4 Å². The molecule has 1 heteroatoms. The fourth-order valence-corrected chi connectivity index (χ4v) is 2.86. The summed E-state index contributed by atoms with van der Waals surface area (Å²) in [5, 5.41) is 0. The van der Waals surface area contributed by atoms with E-state index in [2.05, 4.69) is 0 Å². The van der Waals surface area contributed by atoms with E-state index >= 15 is 0 Å². The molecule has 2 saturated carbocycles. The molecule has 0 spiro atoms. The van der Waals surface area contributed by atoms with E-state index in [0.29, 0.717) is 0 Å². The topological polar surface area (TPSA) is 0 Å². The van der Waals surface area contributed by atoms with Crippen molar-refractivity contribution in [3.8, 4) is 0 Å². The van der Waals surface area contributed by atoms with Crippen LogP contribution in [0.15, 0.2) is 0 Å². The molecule has 0 aromatic rings. The third-order valence-corrected chi connectivity index (χ3v) is 3.47. The van der Waals surface area contributed by atoms with Crippen molar-refractivity contribution < 1.29 is 16.8 Å². The standard InChI is InChI=1S/C10H18.Co/c1-2-6-10-8-4-3-7-9(10)5-1;/h9-10H,1-8H2;. The van der Waals surface area contributed by atoms with Gasteiger partial charge in [0, 0.05) is 16.8 Å². The Balaban J connectivity index is 0.000000605. The monoisotopic (exact) mass is 197 g/mol. The summed E-state index contributed by atoms with van der Waals surface area (Å²) in [7, 11) is 0. The van der Waals surface area contributed by atoms with Crippen LogP contribution in [-0.4, -0.2) is 0 Å². The van der Waals surface area contributed by atoms with E-state index in [4.69, 9.17) is 0 Å². The van der Waals surface area contributed by atoms with Gasteiger partial charge in [0.1, 0.15) is 0 Å². The minimum Gasteiger partial charge on any atom is -0.0530 e. The first-order chi connectivity index (χ1) is 4.97. The first-order valence-electron chi connectivity index (χ1n) is 4.97. The zero-order valence-electron chi connectivity index (χ0n) is 7.14. The zero-order valence-corrected chi connectivity index (χ0v) is 8.19. The summed E-state index contributed by atoms with van der Waals surface area (Å²) >= 11 is 0. The second-order valence-corrected chi connectivity index (χ2v) is 4.09. The van der Waals surface area contributed by atoms with E-state index in [-0.39, 0.29) is 16.8 Å². The van der Waals surface area contributed by atoms with Crippen molar-refractivity contribution in [1.29, 1.82) is 0 Å². The van der Waals surface area contributed by atoms with Gasteiger partial charge in [-0.2, -0.15) is 0 Å². The fraction of sp³-hybridized carbons (Fsp3) is 1.00. The van der Waals surface area contributed by atoms with Crippen LogP contribution in [0, 0.1) is 11.8 Å². The van der Waals surface area contributed by atoms with Gasteiger partial charge < -0.3 is 0 Å². The van der Waals surface area contributed by atoms with Gasteiger partial charge in [-0.3, -0.25) is 0 Å². The molecular weight excluding hydrogens is 179 g/mol. The second-order valence-electron chi connectivity index (χ2n) is 4.09. The van der Waals surface area contributed by atoms with Crippen molar-refractivity contribution in [3.05, 3.63) is 0 Å². The first-order valence-corrected chi connectivity index (χ1v) is 4.97. The van der Waals surface area contributed by atoms with E-state index in [1.54, 1.807) is 25.7 Å². The molecule has 0 unspecified atom stereocenters. The van der Waals surface area contributed by atoms with Gasteiger partial charge in [-0.05, 0) is 11.8 Å². The van der Waals surface area contributed by atoms with E-state index in [1.165, 1.54) is 25.7 Å². The molecule has 67 valence electrons. The maximum Gasteiger partial charge on any atom is 0 e. The van der Waals surface area contributed by atoms with Gasteiger partial charge in [0.05, 0.1) is 0 Å². The predicted octanol–water partition coefficient (Wildman–Crippen LogP) is 3.36. The van der Waals surface area contributed by atoms with E-state index in [9.17, 15) is 0 Å². The van der Waals surface area contributed by atoms with Crippen LogP contribution in [0.5, 0.6) is 0 Å². The molecule has 2 aliphatic rings. The summed E-state index contributed by atoms with van der Waals surface area (Å²) in [6.07, 6.45) is 12.4. The van der Waals surface area contributed by atoms with Gasteiger partial charge >= 0.3 is 0 Å². The maximum atomic E-state index is 1.56. The average molecular weight is 197 g/mol. The Morgan fingerprint density at radius 3 is 1.09 bits per heavy atom. The van der Waals surface area contributed by atoms with Gasteiger partial charge in [-0.1, -0.05) is 51.4 Å². The molecule has 0 bridgehead atoms. The number of rotatable bonds is 0. The van der Waals surface area contributed by atoms with E-state index in [0.717, 1.165) is 11.8 Å². The third kappa shape index (κ3) is 2.22. The van der Waals surface area contributed by atoms with Gasteiger partial charge in [0.15, 0.2) is 0 Å². The minimum atomic E-state index is 0. The van der Waals surface area contributed by atoms with Crippen molar-refractivity contribution in [2.24, 2.45) is 11.8 Å².